The van der Waals surface area contributed by atoms with Crippen LogP contribution >= 0.6 is 0 Å². The molecule has 0 aromatic heterocycles. The molecule has 0 saturated carbocycles. The molecule has 0 aliphatic carbocycles. The summed E-state index contributed by atoms with van der Waals surface area (Å²) in [6.45, 7) is 4.14. The molecule has 0 rings (SSSR count). The largest absolute Gasteiger partial charge is 0.311 e. The summed E-state index contributed by atoms with van der Waals surface area (Å²) in [5.41, 5.74) is 0. The van der Waals surface area contributed by atoms with Crippen LogP contribution in [0.2, 0.25) is 0 Å². The molecule has 1 N–H and O–H groups in total. The van der Waals surface area contributed by atoms with Crippen LogP contribution in [0.15, 0.2) is 0 Å². The van der Waals surface area contributed by atoms with Gasteiger partial charge in [0.15, 0.2) is 0 Å². The Hall–Kier alpha value is -0.370. The van der Waals surface area contributed by atoms with E-state index in [2.05, 4.69) is 12.2 Å². The molecule has 0 spiro atoms. The van der Waals surface area contributed by atoms with Crippen molar-refractivity contribution in [2.24, 2.45) is 0 Å². The van der Waals surface area contributed by atoms with Crippen molar-refractivity contribution in [2.75, 3.05) is 7.05 Å². The van der Waals surface area contributed by atoms with Gasteiger partial charge in [-0.3, -0.25) is 4.79 Å². The zero-order valence-electron chi connectivity index (χ0n) is 7.81. The van der Waals surface area contributed by atoms with E-state index in [0.29, 0.717) is 5.78 Å². The number of likely N-dealkylation sites (N-methyl/N-ethyl adjacent to an activating group) is 1. The molecule has 0 aromatic carbocycles. The van der Waals surface area contributed by atoms with Crippen molar-refractivity contribution in [1.82, 2.24) is 5.32 Å². The standard InChI is InChI=1S/C9H19NO/c1-4-6-7-9(11)8(5-2)10-3/h8,10H,4-7H2,1-3H3/t8-/m0/s1. The Balaban J connectivity index is 3.61. The number of carbonyl (C=O) groups excluding carboxylic acids is 1. The minimum atomic E-state index is 0.0848. The van der Waals surface area contributed by atoms with E-state index >= 15 is 0 Å². The molecule has 11 heavy (non-hydrogen) atoms. The maximum atomic E-state index is 11.3. The lowest BCUT2D eigenvalue weighted by atomic mass is 10.1. The van der Waals surface area contributed by atoms with Gasteiger partial charge in [-0.25, -0.2) is 0 Å². The van der Waals surface area contributed by atoms with Crippen molar-refractivity contribution in [3.63, 3.8) is 0 Å². The Bertz CT molecular complexity index is 108. The minimum absolute atomic E-state index is 0.0848. The number of hydrogen-bond acceptors (Lipinski definition) is 2. The van der Waals surface area contributed by atoms with Crippen LogP contribution < -0.4 is 5.32 Å². The highest BCUT2D eigenvalue weighted by Crippen LogP contribution is 2.01. The van der Waals surface area contributed by atoms with Crippen molar-refractivity contribution < 1.29 is 4.79 Å². The first-order chi connectivity index (χ1) is 5.26. The van der Waals surface area contributed by atoms with E-state index in [1.165, 1.54) is 0 Å². The van der Waals surface area contributed by atoms with E-state index in [9.17, 15) is 4.79 Å². The molecule has 2 nitrogen and oxygen atoms in total. The number of hydrogen-bond donors (Lipinski definition) is 1. The molecule has 0 unspecified atom stereocenters. The Morgan fingerprint density at radius 3 is 2.45 bits per heavy atom. The molecule has 0 fully saturated rings. The highest BCUT2D eigenvalue weighted by Gasteiger charge is 2.11. The molecule has 66 valence electrons. The van der Waals surface area contributed by atoms with Gasteiger partial charge in [0.05, 0.1) is 6.04 Å². The molecular weight excluding hydrogens is 138 g/mol. The molecular formula is C9H19NO. The van der Waals surface area contributed by atoms with Gasteiger partial charge in [0.2, 0.25) is 0 Å². The predicted molar refractivity (Wildman–Crippen MR) is 47.7 cm³/mol. The van der Waals surface area contributed by atoms with E-state index in [1.54, 1.807) is 0 Å². The van der Waals surface area contributed by atoms with Gasteiger partial charge in [0.1, 0.15) is 5.78 Å². The van der Waals surface area contributed by atoms with Crippen molar-refractivity contribution >= 4 is 5.78 Å². The number of unbranched alkanes of at least 4 members (excludes halogenated alkanes) is 1. The second-order valence-electron chi connectivity index (χ2n) is 2.82. The van der Waals surface area contributed by atoms with Crippen LogP contribution in [-0.2, 0) is 4.79 Å². The smallest absolute Gasteiger partial charge is 0.149 e. The Kier molecular flexibility index (Phi) is 6.13. The molecule has 0 saturated heterocycles. The van der Waals surface area contributed by atoms with E-state index in [0.717, 1.165) is 25.7 Å². The Morgan fingerprint density at radius 1 is 1.45 bits per heavy atom. The van der Waals surface area contributed by atoms with Crippen molar-refractivity contribution in [3.8, 4) is 0 Å². The van der Waals surface area contributed by atoms with Gasteiger partial charge in [-0.1, -0.05) is 20.3 Å². The van der Waals surface area contributed by atoms with Gasteiger partial charge < -0.3 is 5.32 Å². The quantitative estimate of drug-likeness (QED) is 0.636. The lowest BCUT2D eigenvalue weighted by Crippen LogP contribution is -2.33. The molecule has 0 amide bonds. The van der Waals surface area contributed by atoms with Gasteiger partial charge in [-0.05, 0) is 19.9 Å². The van der Waals surface area contributed by atoms with Crippen molar-refractivity contribution in [1.29, 1.82) is 0 Å². The first-order valence-electron chi connectivity index (χ1n) is 4.46. The van der Waals surface area contributed by atoms with Gasteiger partial charge in [0, 0.05) is 6.42 Å². The number of nitrogens with one attached hydrogen (secondary N) is 1. The zero-order valence-corrected chi connectivity index (χ0v) is 7.81. The summed E-state index contributed by atoms with van der Waals surface area (Å²) in [7, 11) is 1.85. The molecule has 0 radical (unpaired) electrons. The molecule has 0 aliphatic rings. The van der Waals surface area contributed by atoms with Gasteiger partial charge in [0.25, 0.3) is 0 Å². The third-order valence-electron chi connectivity index (χ3n) is 1.92. The second-order valence-corrected chi connectivity index (χ2v) is 2.82. The highest BCUT2D eigenvalue weighted by molar-refractivity contribution is 5.83. The topological polar surface area (TPSA) is 29.1 Å². The Morgan fingerprint density at radius 2 is 2.09 bits per heavy atom. The van der Waals surface area contributed by atoms with Crippen LogP contribution in [0.4, 0.5) is 0 Å². The van der Waals surface area contributed by atoms with Crippen LogP contribution in [0.25, 0.3) is 0 Å². The predicted octanol–water partition coefficient (Wildman–Crippen LogP) is 1.74. The normalized spacial score (nSPS) is 13.0. The van der Waals surface area contributed by atoms with Crippen LogP contribution in [0, 0.1) is 0 Å². The average molecular weight is 157 g/mol. The number of ketones is 1. The molecule has 0 heterocycles. The van der Waals surface area contributed by atoms with Crippen LogP contribution in [0.3, 0.4) is 0 Å². The van der Waals surface area contributed by atoms with Gasteiger partial charge in [-0.15, -0.1) is 0 Å². The summed E-state index contributed by atoms with van der Waals surface area (Å²) in [5, 5.41) is 3.01. The minimum Gasteiger partial charge on any atom is -0.311 e. The molecule has 2 heteroatoms. The van der Waals surface area contributed by atoms with Crippen LogP contribution in [0.1, 0.15) is 39.5 Å². The summed E-state index contributed by atoms with van der Waals surface area (Å²) in [4.78, 5) is 11.3. The highest BCUT2D eigenvalue weighted by atomic mass is 16.1. The van der Waals surface area contributed by atoms with E-state index < -0.39 is 0 Å². The third kappa shape index (κ3) is 4.14. The molecule has 0 aromatic rings. The lowest BCUT2D eigenvalue weighted by molar-refractivity contribution is -0.121. The fraction of sp³-hybridized carbons (Fsp3) is 0.889. The maximum absolute atomic E-state index is 11.3. The lowest BCUT2D eigenvalue weighted by Gasteiger charge is -2.11. The monoisotopic (exact) mass is 157 g/mol. The van der Waals surface area contributed by atoms with Gasteiger partial charge >= 0.3 is 0 Å². The number of carbonyl (C=O) groups is 1. The Labute approximate surface area is 69.4 Å². The molecule has 1 atom stereocenters. The number of Topliss-reactive ketones (excluding diaryl/α,β-unsaturated/α-hetero) is 1. The second kappa shape index (κ2) is 6.35. The first-order valence-corrected chi connectivity index (χ1v) is 4.46. The summed E-state index contributed by atoms with van der Waals surface area (Å²) >= 11 is 0. The summed E-state index contributed by atoms with van der Waals surface area (Å²) < 4.78 is 0. The van der Waals surface area contributed by atoms with E-state index in [1.807, 2.05) is 14.0 Å². The van der Waals surface area contributed by atoms with Crippen LogP contribution in [-0.4, -0.2) is 18.9 Å². The van der Waals surface area contributed by atoms with E-state index in [-0.39, 0.29) is 6.04 Å². The van der Waals surface area contributed by atoms with Crippen LogP contribution in [0.5, 0.6) is 0 Å². The molecule has 0 aliphatic heterocycles. The summed E-state index contributed by atoms with van der Waals surface area (Å²) in [6, 6.07) is 0.0848. The third-order valence-corrected chi connectivity index (χ3v) is 1.92. The van der Waals surface area contributed by atoms with E-state index in [4.69, 9.17) is 0 Å². The van der Waals surface area contributed by atoms with Crippen molar-refractivity contribution in [2.45, 2.75) is 45.6 Å². The SMILES string of the molecule is CCCCC(=O)[C@H](CC)NC. The molecule has 0 bridgehead atoms. The fourth-order valence-electron chi connectivity index (χ4n) is 1.12. The summed E-state index contributed by atoms with van der Waals surface area (Å²) in [6.07, 6.45) is 3.76. The zero-order chi connectivity index (χ0) is 8.69. The maximum Gasteiger partial charge on any atom is 0.149 e. The summed E-state index contributed by atoms with van der Waals surface area (Å²) in [5.74, 6) is 0.358. The van der Waals surface area contributed by atoms with Gasteiger partial charge in [-0.2, -0.15) is 0 Å². The average Bonchev–Trinajstić information content (AvgIpc) is 2.03. The fourth-order valence-corrected chi connectivity index (χ4v) is 1.12. The van der Waals surface area contributed by atoms with Crippen molar-refractivity contribution in [3.05, 3.63) is 0 Å². The number of rotatable bonds is 6. The first kappa shape index (κ1) is 10.6.